The average molecular weight is 329 g/mol. The molecule has 0 atom stereocenters. The molecular weight excluding hydrogens is 310 g/mol. The van der Waals surface area contributed by atoms with Gasteiger partial charge in [0.05, 0.1) is 38.0 Å². The number of terminal acetylenes is 1. The Hall–Kier alpha value is -3.01. The Labute approximate surface area is 139 Å². The van der Waals surface area contributed by atoms with Crippen LogP contribution in [-0.4, -0.2) is 36.2 Å². The molecule has 0 spiro atoms. The molecule has 1 aromatic carbocycles. The van der Waals surface area contributed by atoms with Crippen molar-refractivity contribution < 1.29 is 14.3 Å². The molecule has 1 aromatic heterocycles. The van der Waals surface area contributed by atoms with E-state index in [1.165, 1.54) is 25.1 Å². The number of aryl methyl sites for hydroxylation is 1. The number of carbonyl (C=O) groups excluding carboxylic acids is 1. The maximum absolute atomic E-state index is 12.5. The second-order valence-electron chi connectivity index (χ2n) is 5.05. The van der Waals surface area contributed by atoms with Gasteiger partial charge in [0.15, 0.2) is 11.5 Å². The molecule has 7 heteroatoms. The zero-order valence-electron chi connectivity index (χ0n) is 13.7. The fourth-order valence-electron chi connectivity index (χ4n) is 2.29. The number of methoxy groups -OCH3 is 2. The standard InChI is InChI=1S/C17H19N3O4/c1-4-7-18-16(21)6-5-8-20-11-19-13-10-15(24-3)14(23-2)9-12(13)17(20)22/h1,9-11H,5-8H2,2-3H3,(H,18,21). The van der Waals surface area contributed by atoms with E-state index in [9.17, 15) is 9.59 Å². The molecule has 0 fully saturated rings. The number of rotatable bonds is 7. The molecule has 0 saturated heterocycles. The summed E-state index contributed by atoms with van der Waals surface area (Å²) in [6.07, 6.45) is 7.34. The normalized spacial score (nSPS) is 10.2. The van der Waals surface area contributed by atoms with Crippen LogP contribution in [0.2, 0.25) is 0 Å². The van der Waals surface area contributed by atoms with Gasteiger partial charge in [-0.3, -0.25) is 14.2 Å². The van der Waals surface area contributed by atoms with Gasteiger partial charge in [-0.15, -0.1) is 6.42 Å². The van der Waals surface area contributed by atoms with Gasteiger partial charge >= 0.3 is 0 Å². The molecule has 0 aliphatic heterocycles. The number of nitrogens with one attached hydrogen (secondary N) is 1. The van der Waals surface area contributed by atoms with Crippen LogP contribution in [0.5, 0.6) is 11.5 Å². The van der Waals surface area contributed by atoms with Crippen molar-refractivity contribution in [1.82, 2.24) is 14.9 Å². The Bertz CT molecular complexity index is 836. The summed E-state index contributed by atoms with van der Waals surface area (Å²) in [5.74, 6) is 3.18. The van der Waals surface area contributed by atoms with E-state index < -0.39 is 0 Å². The van der Waals surface area contributed by atoms with Crippen molar-refractivity contribution in [3.8, 4) is 23.8 Å². The molecule has 0 radical (unpaired) electrons. The predicted octanol–water partition coefficient (Wildman–Crippen LogP) is 0.943. The topological polar surface area (TPSA) is 82.5 Å². The number of fused-ring (bicyclic) bond motifs is 1. The number of ether oxygens (including phenoxy) is 2. The van der Waals surface area contributed by atoms with Crippen molar-refractivity contribution in [2.24, 2.45) is 0 Å². The summed E-state index contributed by atoms with van der Waals surface area (Å²) in [6, 6.07) is 3.27. The monoisotopic (exact) mass is 329 g/mol. The highest BCUT2D eigenvalue weighted by atomic mass is 16.5. The van der Waals surface area contributed by atoms with Crippen molar-refractivity contribution in [3.05, 3.63) is 28.8 Å². The first kappa shape index (κ1) is 17.3. The molecule has 2 aromatic rings. The van der Waals surface area contributed by atoms with E-state index >= 15 is 0 Å². The second-order valence-corrected chi connectivity index (χ2v) is 5.05. The van der Waals surface area contributed by atoms with Crippen LogP contribution in [0.1, 0.15) is 12.8 Å². The van der Waals surface area contributed by atoms with Crippen LogP contribution in [0.25, 0.3) is 10.9 Å². The molecule has 0 saturated carbocycles. The third kappa shape index (κ3) is 3.84. The lowest BCUT2D eigenvalue weighted by Gasteiger charge is -2.10. The van der Waals surface area contributed by atoms with Crippen LogP contribution < -0.4 is 20.3 Å². The zero-order valence-corrected chi connectivity index (χ0v) is 13.7. The lowest BCUT2D eigenvalue weighted by atomic mass is 10.2. The number of carbonyl (C=O) groups is 1. The molecule has 1 amide bonds. The molecule has 126 valence electrons. The summed E-state index contributed by atoms with van der Waals surface area (Å²) in [7, 11) is 3.03. The van der Waals surface area contributed by atoms with Crippen LogP contribution in [0.3, 0.4) is 0 Å². The van der Waals surface area contributed by atoms with Crippen molar-refractivity contribution in [1.29, 1.82) is 0 Å². The number of nitrogens with zero attached hydrogens (tertiary/aromatic N) is 2. The first-order chi connectivity index (χ1) is 11.6. The largest absolute Gasteiger partial charge is 0.493 e. The molecule has 7 nitrogen and oxygen atoms in total. The van der Waals surface area contributed by atoms with Gasteiger partial charge in [0.2, 0.25) is 5.91 Å². The number of hydrogen-bond donors (Lipinski definition) is 1. The highest BCUT2D eigenvalue weighted by molar-refractivity contribution is 5.81. The summed E-state index contributed by atoms with van der Waals surface area (Å²) < 4.78 is 11.9. The predicted molar refractivity (Wildman–Crippen MR) is 90.2 cm³/mol. The molecule has 1 heterocycles. The minimum atomic E-state index is -0.190. The van der Waals surface area contributed by atoms with Crippen molar-refractivity contribution in [2.75, 3.05) is 20.8 Å². The smallest absolute Gasteiger partial charge is 0.261 e. The van der Waals surface area contributed by atoms with E-state index in [4.69, 9.17) is 15.9 Å². The summed E-state index contributed by atoms with van der Waals surface area (Å²) >= 11 is 0. The average Bonchev–Trinajstić information content (AvgIpc) is 2.60. The van der Waals surface area contributed by atoms with E-state index in [0.29, 0.717) is 35.4 Å². The Morgan fingerprint density at radius 3 is 2.71 bits per heavy atom. The minimum Gasteiger partial charge on any atom is -0.493 e. The van der Waals surface area contributed by atoms with Crippen molar-refractivity contribution in [3.63, 3.8) is 0 Å². The zero-order chi connectivity index (χ0) is 17.5. The van der Waals surface area contributed by atoms with Gasteiger partial charge in [0, 0.05) is 19.0 Å². The lowest BCUT2D eigenvalue weighted by Crippen LogP contribution is -2.25. The molecule has 0 unspecified atom stereocenters. The third-order valence-corrected chi connectivity index (χ3v) is 3.52. The van der Waals surface area contributed by atoms with Gasteiger partial charge in [-0.2, -0.15) is 0 Å². The van der Waals surface area contributed by atoms with Gasteiger partial charge in [0.25, 0.3) is 5.56 Å². The quantitative estimate of drug-likeness (QED) is 0.765. The maximum Gasteiger partial charge on any atom is 0.261 e. The number of benzene rings is 1. The highest BCUT2D eigenvalue weighted by Gasteiger charge is 2.11. The van der Waals surface area contributed by atoms with Crippen LogP contribution >= 0.6 is 0 Å². The fourth-order valence-corrected chi connectivity index (χ4v) is 2.29. The van der Waals surface area contributed by atoms with Gasteiger partial charge in [-0.25, -0.2) is 4.98 Å². The molecule has 0 aliphatic rings. The fraction of sp³-hybridized carbons (Fsp3) is 0.353. The van der Waals surface area contributed by atoms with Gasteiger partial charge in [-0.1, -0.05) is 5.92 Å². The molecule has 1 N–H and O–H groups in total. The molecule has 0 aliphatic carbocycles. The van der Waals surface area contributed by atoms with E-state index in [-0.39, 0.29) is 24.4 Å². The summed E-state index contributed by atoms with van der Waals surface area (Å²) in [6.45, 7) is 0.595. The number of hydrogen-bond acceptors (Lipinski definition) is 5. The van der Waals surface area contributed by atoms with E-state index in [2.05, 4.69) is 16.2 Å². The Balaban J connectivity index is 2.18. The SMILES string of the molecule is C#CCNC(=O)CCCn1cnc2cc(OC)c(OC)cc2c1=O. The van der Waals surface area contributed by atoms with Gasteiger partial charge < -0.3 is 14.8 Å². The molecule has 24 heavy (non-hydrogen) atoms. The van der Waals surface area contributed by atoms with Gasteiger partial charge in [-0.05, 0) is 12.5 Å². The Morgan fingerprint density at radius 1 is 1.33 bits per heavy atom. The summed E-state index contributed by atoms with van der Waals surface area (Å²) in [4.78, 5) is 28.3. The van der Waals surface area contributed by atoms with Crippen molar-refractivity contribution in [2.45, 2.75) is 19.4 Å². The maximum atomic E-state index is 12.5. The molecular formula is C17H19N3O4. The summed E-state index contributed by atoms with van der Waals surface area (Å²) in [5, 5.41) is 3.02. The Kier molecular flexibility index (Phi) is 5.79. The van der Waals surface area contributed by atoms with E-state index in [0.717, 1.165) is 0 Å². The summed E-state index contributed by atoms with van der Waals surface area (Å²) in [5.41, 5.74) is 0.339. The number of aromatic nitrogens is 2. The molecule has 0 bridgehead atoms. The minimum absolute atomic E-state index is 0.138. The van der Waals surface area contributed by atoms with E-state index in [1.807, 2.05) is 0 Å². The van der Waals surface area contributed by atoms with E-state index in [1.54, 1.807) is 12.1 Å². The molecule has 2 rings (SSSR count). The first-order valence-corrected chi connectivity index (χ1v) is 7.42. The third-order valence-electron chi connectivity index (χ3n) is 3.52. The van der Waals surface area contributed by atoms with Gasteiger partial charge in [0.1, 0.15) is 0 Å². The highest BCUT2D eigenvalue weighted by Crippen LogP contribution is 2.29. The second kappa shape index (κ2) is 8.02. The number of amides is 1. The van der Waals surface area contributed by atoms with Crippen molar-refractivity contribution >= 4 is 16.8 Å². The lowest BCUT2D eigenvalue weighted by molar-refractivity contribution is -0.120. The van der Waals surface area contributed by atoms with Crippen LogP contribution in [-0.2, 0) is 11.3 Å². The Morgan fingerprint density at radius 2 is 2.04 bits per heavy atom. The van der Waals surface area contributed by atoms with Crippen LogP contribution in [0, 0.1) is 12.3 Å². The first-order valence-electron chi connectivity index (χ1n) is 7.42. The van der Waals surface area contributed by atoms with Crippen LogP contribution in [0.15, 0.2) is 23.3 Å². The van der Waals surface area contributed by atoms with Crippen LogP contribution in [0.4, 0.5) is 0 Å².